The van der Waals surface area contributed by atoms with Gasteiger partial charge in [-0.15, -0.1) is 0 Å². The third-order valence-corrected chi connectivity index (χ3v) is 2.90. The molecule has 84 valence electrons. The predicted molar refractivity (Wildman–Crippen MR) is 59.4 cm³/mol. The Hall–Kier alpha value is -1.03. The van der Waals surface area contributed by atoms with Gasteiger partial charge in [0.1, 0.15) is 5.82 Å². The van der Waals surface area contributed by atoms with Crippen LogP contribution in [0.3, 0.4) is 0 Å². The molecule has 0 saturated carbocycles. The number of nitrogen functional groups attached to an aromatic ring is 1. The van der Waals surface area contributed by atoms with Crippen molar-refractivity contribution in [2.75, 3.05) is 5.73 Å². The molecule has 1 aromatic heterocycles. The molecule has 1 fully saturated rings. The average molecular weight is 209 g/mol. The summed E-state index contributed by atoms with van der Waals surface area (Å²) >= 11 is 0. The summed E-state index contributed by atoms with van der Waals surface area (Å²) in [6.07, 6.45) is 4.91. The zero-order chi connectivity index (χ0) is 10.8. The minimum absolute atomic E-state index is 0.367. The van der Waals surface area contributed by atoms with Gasteiger partial charge >= 0.3 is 0 Å². The summed E-state index contributed by atoms with van der Waals surface area (Å²) in [7, 11) is 0. The first kappa shape index (κ1) is 10.5. The maximum Gasteiger partial charge on any atom is 0.145 e. The lowest BCUT2D eigenvalue weighted by Crippen LogP contribution is -2.31. The van der Waals surface area contributed by atoms with Crippen LogP contribution in [0.4, 0.5) is 5.82 Å². The Labute approximate surface area is 90.4 Å². The van der Waals surface area contributed by atoms with Crippen LogP contribution in [0.1, 0.15) is 26.7 Å². The average Bonchev–Trinajstić information content (AvgIpc) is 2.49. The van der Waals surface area contributed by atoms with Gasteiger partial charge in [-0.05, 0) is 38.7 Å². The number of hydrogen-bond donors (Lipinski definition) is 1. The zero-order valence-electron chi connectivity index (χ0n) is 9.39. The number of aromatic nitrogens is 2. The molecule has 4 nitrogen and oxygen atoms in total. The molecule has 2 N–H and O–H groups in total. The number of nitrogens with zero attached hydrogens (tertiary/aromatic N) is 2. The Kier molecular flexibility index (Phi) is 2.95. The van der Waals surface area contributed by atoms with E-state index in [1.54, 1.807) is 0 Å². The van der Waals surface area contributed by atoms with Crippen molar-refractivity contribution >= 4 is 5.82 Å². The molecule has 0 bridgehead atoms. The summed E-state index contributed by atoms with van der Waals surface area (Å²) < 4.78 is 7.64. The van der Waals surface area contributed by atoms with Crippen molar-refractivity contribution < 1.29 is 4.74 Å². The second-order valence-electron chi connectivity index (χ2n) is 4.56. The Morgan fingerprint density at radius 2 is 2.13 bits per heavy atom. The van der Waals surface area contributed by atoms with Gasteiger partial charge in [0.05, 0.1) is 12.2 Å². The molecule has 2 unspecified atom stereocenters. The van der Waals surface area contributed by atoms with Gasteiger partial charge in [-0.2, -0.15) is 5.10 Å². The molecular formula is C11H19N3O. The molecule has 2 heterocycles. The van der Waals surface area contributed by atoms with Crippen molar-refractivity contribution in [3.63, 3.8) is 0 Å². The molecule has 0 radical (unpaired) electrons. The van der Waals surface area contributed by atoms with Crippen LogP contribution in [0.2, 0.25) is 0 Å². The molecule has 4 heteroatoms. The van der Waals surface area contributed by atoms with E-state index in [1.165, 1.54) is 0 Å². The Morgan fingerprint density at radius 3 is 2.67 bits per heavy atom. The van der Waals surface area contributed by atoms with E-state index in [4.69, 9.17) is 10.5 Å². The van der Waals surface area contributed by atoms with Gasteiger partial charge in [0.15, 0.2) is 0 Å². The number of hydrogen-bond acceptors (Lipinski definition) is 3. The SMILES string of the molecule is CC1CC(Cn2ccc(N)n2)CC(C)O1. The summed E-state index contributed by atoms with van der Waals surface area (Å²) in [6.45, 7) is 5.23. The van der Waals surface area contributed by atoms with Crippen molar-refractivity contribution in [3.8, 4) is 0 Å². The van der Waals surface area contributed by atoms with Gasteiger partial charge in [0.25, 0.3) is 0 Å². The molecule has 1 saturated heterocycles. The molecule has 15 heavy (non-hydrogen) atoms. The minimum Gasteiger partial charge on any atom is -0.382 e. The maximum atomic E-state index is 5.70. The fraction of sp³-hybridized carbons (Fsp3) is 0.727. The second-order valence-corrected chi connectivity index (χ2v) is 4.56. The normalized spacial score (nSPS) is 31.7. The Bertz CT molecular complexity index is 313. The number of rotatable bonds is 2. The minimum atomic E-state index is 0.367. The van der Waals surface area contributed by atoms with Crippen LogP contribution in [0.15, 0.2) is 12.3 Å². The first-order chi connectivity index (χ1) is 7.13. The van der Waals surface area contributed by atoms with E-state index in [9.17, 15) is 0 Å². The highest BCUT2D eigenvalue weighted by Crippen LogP contribution is 2.25. The maximum absolute atomic E-state index is 5.70. The van der Waals surface area contributed by atoms with E-state index >= 15 is 0 Å². The van der Waals surface area contributed by atoms with E-state index in [-0.39, 0.29) is 0 Å². The molecule has 0 amide bonds. The smallest absolute Gasteiger partial charge is 0.145 e. The molecular weight excluding hydrogens is 190 g/mol. The van der Waals surface area contributed by atoms with Crippen LogP contribution in [-0.2, 0) is 11.3 Å². The Balaban J connectivity index is 1.94. The van der Waals surface area contributed by atoms with Gasteiger partial charge in [-0.25, -0.2) is 0 Å². The van der Waals surface area contributed by atoms with E-state index in [2.05, 4.69) is 18.9 Å². The molecule has 0 aromatic carbocycles. The van der Waals surface area contributed by atoms with Crippen LogP contribution in [0.5, 0.6) is 0 Å². The Morgan fingerprint density at radius 1 is 1.47 bits per heavy atom. The van der Waals surface area contributed by atoms with Crippen LogP contribution in [-0.4, -0.2) is 22.0 Å². The van der Waals surface area contributed by atoms with Crippen molar-refractivity contribution in [2.45, 2.75) is 45.4 Å². The highest BCUT2D eigenvalue weighted by Gasteiger charge is 2.24. The monoisotopic (exact) mass is 209 g/mol. The van der Waals surface area contributed by atoms with E-state index in [1.807, 2.05) is 16.9 Å². The standard InChI is InChI=1S/C11H19N3O/c1-8-5-10(6-9(2)15-8)7-14-4-3-11(12)13-14/h3-4,8-10H,5-7H2,1-2H3,(H2,12,13). The second kappa shape index (κ2) is 4.23. The third-order valence-electron chi connectivity index (χ3n) is 2.90. The quantitative estimate of drug-likeness (QED) is 0.806. The topological polar surface area (TPSA) is 53.1 Å². The van der Waals surface area contributed by atoms with E-state index in [0.717, 1.165) is 19.4 Å². The zero-order valence-corrected chi connectivity index (χ0v) is 9.39. The summed E-state index contributed by atoms with van der Waals surface area (Å²) in [6, 6.07) is 1.84. The number of ether oxygens (including phenoxy) is 1. The molecule has 1 aromatic rings. The van der Waals surface area contributed by atoms with Crippen molar-refractivity contribution in [1.82, 2.24) is 9.78 Å². The third kappa shape index (κ3) is 2.72. The summed E-state index contributed by atoms with van der Waals surface area (Å²) in [4.78, 5) is 0. The first-order valence-electron chi connectivity index (χ1n) is 5.58. The fourth-order valence-corrected chi connectivity index (χ4v) is 2.44. The van der Waals surface area contributed by atoms with Crippen LogP contribution in [0.25, 0.3) is 0 Å². The molecule has 0 aliphatic carbocycles. The lowest BCUT2D eigenvalue weighted by molar-refractivity contribution is -0.0553. The largest absolute Gasteiger partial charge is 0.382 e. The highest BCUT2D eigenvalue weighted by atomic mass is 16.5. The number of nitrogens with two attached hydrogens (primary N) is 1. The van der Waals surface area contributed by atoms with E-state index < -0.39 is 0 Å². The van der Waals surface area contributed by atoms with Gasteiger partial charge < -0.3 is 10.5 Å². The van der Waals surface area contributed by atoms with Gasteiger partial charge in [-0.1, -0.05) is 0 Å². The summed E-state index contributed by atoms with van der Waals surface area (Å²) in [5.41, 5.74) is 5.58. The highest BCUT2D eigenvalue weighted by molar-refractivity contribution is 5.23. The van der Waals surface area contributed by atoms with Gasteiger partial charge in [-0.3, -0.25) is 4.68 Å². The lowest BCUT2D eigenvalue weighted by Gasteiger charge is -2.31. The predicted octanol–water partition coefficient (Wildman–Crippen LogP) is 1.67. The lowest BCUT2D eigenvalue weighted by atomic mass is 9.93. The fourth-order valence-electron chi connectivity index (χ4n) is 2.44. The number of anilines is 1. The molecule has 1 aliphatic heterocycles. The first-order valence-corrected chi connectivity index (χ1v) is 5.58. The van der Waals surface area contributed by atoms with Crippen molar-refractivity contribution in [1.29, 1.82) is 0 Å². The van der Waals surface area contributed by atoms with Crippen LogP contribution < -0.4 is 5.73 Å². The van der Waals surface area contributed by atoms with Crippen molar-refractivity contribution in [3.05, 3.63) is 12.3 Å². The molecule has 0 spiro atoms. The molecule has 2 atom stereocenters. The van der Waals surface area contributed by atoms with E-state index in [0.29, 0.717) is 23.9 Å². The van der Waals surface area contributed by atoms with Crippen LogP contribution in [0, 0.1) is 5.92 Å². The van der Waals surface area contributed by atoms with Gasteiger partial charge in [0, 0.05) is 12.7 Å². The molecule has 1 aliphatic rings. The molecule has 2 rings (SSSR count). The van der Waals surface area contributed by atoms with Crippen LogP contribution >= 0.6 is 0 Å². The summed E-state index contributed by atoms with van der Waals surface area (Å²) in [5.74, 6) is 1.26. The summed E-state index contributed by atoms with van der Waals surface area (Å²) in [5, 5.41) is 4.21. The van der Waals surface area contributed by atoms with Gasteiger partial charge in [0.2, 0.25) is 0 Å². The van der Waals surface area contributed by atoms with Crippen molar-refractivity contribution in [2.24, 2.45) is 5.92 Å².